The van der Waals surface area contributed by atoms with Gasteiger partial charge in [0.1, 0.15) is 12.8 Å². The molecular formula is C54H46F12N4O6S2. The van der Waals surface area contributed by atoms with E-state index in [1.54, 1.807) is 12.1 Å². The lowest BCUT2D eigenvalue weighted by Gasteiger charge is -2.13. The second kappa shape index (κ2) is 22.0. The number of aryl methyl sites for hydroxylation is 3. The summed E-state index contributed by atoms with van der Waals surface area (Å²) in [5, 5.41) is 3.46. The number of nitrogens with zero attached hydrogens (tertiary/aromatic N) is 4. The number of fused-ring (bicyclic) bond motifs is 5. The predicted octanol–water partition coefficient (Wildman–Crippen LogP) is 11.9. The highest BCUT2D eigenvalue weighted by Crippen LogP contribution is 2.34. The third-order valence-electron chi connectivity index (χ3n) is 13.0. The molecule has 0 fully saturated rings. The van der Waals surface area contributed by atoms with Crippen molar-refractivity contribution in [3.63, 3.8) is 0 Å². The smallest absolute Gasteiger partial charge is 0.485 e. The van der Waals surface area contributed by atoms with Gasteiger partial charge in [0.15, 0.2) is 38.3 Å². The topological polar surface area (TPSA) is 133 Å². The van der Waals surface area contributed by atoms with Crippen molar-refractivity contribution < 1.29 is 87.4 Å². The summed E-state index contributed by atoms with van der Waals surface area (Å²) < 4.78 is 208. The van der Waals surface area contributed by atoms with E-state index in [0.717, 1.165) is 112 Å². The Labute approximate surface area is 439 Å². The molecule has 3 aliphatic rings. The minimum absolute atomic E-state index is 0.464. The summed E-state index contributed by atoms with van der Waals surface area (Å²) >= 11 is 0. The number of aromatic nitrogens is 3. The van der Waals surface area contributed by atoms with Crippen LogP contribution in [0.15, 0.2) is 91.1 Å². The van der Waals surface area contributed by atoms with Crippen LogP contribution in [0.3, 0.4) is 0 Å². The fraction of sp³-hybridized carbons (Fsp3) is 0.259. The summed E-state index contributed by atoms with van der Waals surface area (Å²) in [4.78, 5) is 0. The summed E-state index contributed by atoms with van der Waals surface area (Å²) in [7, 11) is -12.2. The van der Waals surface area contributed by atoms with Gasteiger partial charge >= 0.3 is 23.4 Å². The predicted molar refractivity (Wildman–Crippen MR) is 266 cm³/mol. The van der Waals surface area contributed by atoms with Crippen LogP contribution in [0.25, 0.3) is 47.5 Å². The zero-order chi connectivity index (χ0) is 57.5. The summed E-state index contributed by atoms with van der Waals surface area (Å²) in [6, 6.07) is 21.5. The molecule has 3 aromatic heterocycles. The first-order valence-electron chi connectivity index (χ1n) is 23.5. The molecule has 9 rings (SSSR count). The van der Waals surface area contributed by atoms with Crippen LogP contribution >= 0.6 is 0 Å². The van der Waals surface area contributed by atoms with Crippen LogP contribution < -0.4 is 9.46 Å². The van der Waals surface area contributed by atoms with Crippen molar-refractivity contribution in [2.45, 2.75) is 83.2 Å². The Morgan fingerprint density at radius 1 is 0.590 bits per heavy atom. The molecule has 6 aromatic rings. The molecule has 414 valence electrons. The Bertz CT molecular complexity index is 3880. The van der Waals surface area contributed by atoms with E-state index in [1.165, 1.54) is 40.7 Å². The quantitative estimate of drug-likeness (QED) is 0.0706. The second-order valence-electron chi connectivity index (χ2n) is 18.3. The molecule has 0 unspecified atom stereocenters. The first kappa shape index (κ1) is 58.7. The van der Waals surface area contributed by atoms with Crippen LogP contribution in [0.4, 0.5) is 52.7 Å². The van der Waals surface area contributed by atoms with E-state index >= 15 is 0 Å². The highest BCUT2D eigenvalue weighted by molar-refractivity contribution is 7.86. The summed E-state index contributed by atoms with van der Waals surface area (Å²) in [6.07, 6.45) is 15.2. The van der Waals surface area contributed by atoms with Gasteiger partial charge in [0, 0.05) is 71.6 Å². The largest absolute Gasteiger partial charge is 0.741 e. The highest BCUT2D eigenvalue weighted by Gasteiger charge is 2.38. The molecule has 3 aliphatic heterocycles. The van der Waals surface area contributed by atoms with E-state index in [4.69, 9.17) is 25.9 Å². The minimum Gasteiger partial charge on any atom is -0.741 e. The molecule has 0 aliphatic carbocycles. The molecule has 0 N–H and O–H groups in total. The molecule has 0 saturated heterocycles. The van der Waals surface area contributed by atoms with E-state index < -0.39 is 54.7 Å². The Morgan fingerprint density at radius 2 is 1.09 bits per heavy atom. The average molecular weight is 1140 g/mol. The Morgan fingerprint density at radius 3 is 1.59 bits per heavy atom. The maximum Gasteiger partial charge on any atom is 0.485 e. The van der Waals surface area contributed by atoms with Crippen LogP contribution in [-0.2, 0) is 39.0 Å². The van der Waals surface area contributed by atoms with Gasteiger partial charge in [0.05, 0.1) is 21.6 Å². The van der Waals surface area contributed by atoms with Crippen LogP contribution in [0.5, 0.6) is 0 Å². The fourth-order valence-corrected chi connectivity index (χ4v) is 9.50. The van der Waals surface area contributed by atoms with E-state index in [1.807, 2.05) is 55.0 Å². The Hall–Kier alpha value is -7.02. The molecule has 24 heteroatoms. The first-order chi connectivity index (χ1) is 36.2. The highest BCUT2D eigenvalue weighted by atomic mass is 32.2. The van der Waals surface area contributed by atoms with Gasteiger partial charge in [-0.15, -0.1) is 0 Å². The summed E-state index contributed by atoms with van der Waals surface area (Å²) in [6.45, 7) is 8.63. The number of alkyl halides is 12. The van der Waals surface area contributed by atoms with E-state index in [-0.39, 0.29) is 0 Å². The van der Waals surface area contributed by atoms with E-state index in [2.05, 4.69) is 76.0 Å². The molecule has 0 saturated carbocycles. The van der Waals surface area contributed by atoms with Gasteiger partial charge in [-0.3, -0.25) is 0 Å². The van der Waals surface area contributed by atoms with Crippen molar-refractivity contribution in [3.8, 4) is 11.4 Å². The minimum atomic E-state index is -6.09. The van der Waals surface area contributed by atoms with Crippen LogP contribution in [0.1, 0.15) is 93.0 Å². The zero-order valence-corrected chi connectivity index (χ0v) is 43.2. The molecule has 0 radical (unpaired) electrons. The second-order valence-corrected chi connectivity index (χ2v) is 21.0. The monoisotopic (exact) mass is 1140 g/mol. The summed E-state index contributed by atoms with van der Waals surface area (Å²) in [5.41, 5.74) is -0.798. The number of allylic oxidation sites excluding steroid dienone is 1. The van der Waals surface area contributed by atoms with Crippen LogP contribution in [0.2, 0.25) is 0 Å². The van der Waals surface area contributed by atoms with E-state index in [9.17, 15) is 52.7 Å². The van der Waals surface area contributed by atoms with Gasteiger partial charge in [0.2, 0.25) is 5.35 Å². The molecule has 0 atom stereocenters. The van der Waals surface area contributed by atoms with Crippen molar-refractivity contribution in [3.05, 3.63) is 180 Å². The van der Waals surface area contributed by atoms with Crippen LogP contribution in [0, 0.1) is 44.5 Å². The van der Waals surface area contributed by atoms with E-state index in [0.29, 0.717) is 11.4 Å². The molecule has 3 aromatic carbocycles. The molecule has 0 amide bonds. The lowest BCUT2D eigenvalue weighted by atomic mass is 9.93. The van der Waals surface area contributed by atoms with Crippen molar-refractivity contribution in [2.24, 2.45) is 0 Å². The van der Waals surface area contributed by atoms with Crippen LogP contribution in [-0.4, -0.2) is 63.4 Å². The molecule has 0 bridgehead atoms. The number of hydrogen-bond donors (Lipinski definition) is 0. The number of hydrogen-bond acceptors (Lipinski definition) is 6. The third kappa shape index (κ3) is 12.9. The molecule has 10 nitrogen and oxygen atoms in total. The molecular weight excluding hydrogens is 1090 g/mol. The van der Waals surface area contributed by atoms with Gasteiger partial charge in [-0.2, -0.15) is 56.9 Å². The first-order valence-corrected chi connectivity index (χ1v) is 26.3. The van der Waals surface area contributed by atoms with Crippen molar-refractivity contribution >= 4 is 62.5 Å². The SMILES string of the molecule is Cc1cc(/C=C/c2cc[n+]3c(c2)=c2c(c(/C=C/c4cc(C)n(-c5cccc(C(F)(F)F)c5)c4C)cc4c2=C2CCCC=[N+]2CCC4)C=CC=3)c(C)n1-c1cccc(C(F)(F)F)c1.O=S(=O)([O-])C(F)(F)F.O=S(=O)([O-])C(F)(F)F. The number of benzene rings is 3. The number of rotatable bonds is 6. The zero-order valence-electron chi connectivity index (χ0n) is 41.5. The maximum absolute atomic E-state index is 13.7. The normalized spacial score (nSPS) is 14.9. The van der Waals surface area contributed by atoms with Crippen molar-refractivity contribution in [1.29, 1.82) is 0 Å². The maximum atomic E-state index is 13.7. The fourth-order valence-electron chi connectivity index (χ4n) is 9.50. The molecule has 0 spiro atoms. The lowest BCUT2D eigenvalue weighted by Crippen LogP contribution is -2.27. The molecule has 78 heavy (non-hydrogen) atoms. The molecule has 6 heterocycles. The van der Waals surface area contributed by atoms with Gasteiger partial charge in [-0.05, 0) is 129 Å². The number of pyridine rings is 1. The Balaban J connectivity index is 0.000000480. The standard InChI is InChI=1S/C52H46F6N4.2CHF3O3S/c1-33-27-38(35(3)61(33)44-14-7-12-42(31-44)51(53,54)55)19-18-37-22-26-60-25-10-16-46-40(30-41-11-9-24-59-23-6-5-17-47(59)49(41)50(46)48(60)29-37)21-20-39-28-34(2)62(36(39)4)45-15-8-13-43(32-45)52(56,57)58;2*2-1(3,4)8(5,6)7/h7-8,10,12-16,18-23,25-32H,5-6,9,11,17,24H2,1-4H3;2*(H,5,6,7)/q+2;;/p-2/b19-18+;;. The third-order valence-corrected chi connectivity index (χ3v) is 14.1. The lowest BCUT2D eigenvalue weighted by molar-refractivity contribution is -0.518. The van der Waals surface area contributed by atoms with Crippen molar-refractivity contribution in [1.82, 2.24) is 9.13 Å². The van der Waals surface area contributed by atoms with Crippen molar-refractivity contribution in [2.75, 3.05) is 6.54 Å². The van der Waals surface area contributed by atoms with Gasteiger partial charge < -0.3 is 18.2 Å². The van der Waals surface area contributed by atoms with Gasteiger partial charge in [-0.25, -0.2) is 21.4 Å². The average Bonchev–Trinajstić information content (AvgIpc) is 3.75. The van der Waals surface area contributed by atoms with Gasteiger partial charge in [0.25, 0.3) is 0 Å². The Kier molecular flexibility index (Phi) is 16.6. The van der Waals surface area contributed by atoms with Gasteiger partial charge in [-0.1, -0.05) is 42.5 Å². The number of halogens is 12. The summed E-state index contributed by atoms with van der Waals surface area (Å²) in [5.74, 6) is 0.